The molecule has 3 aromatic rings. The van der Waals surface area contributed by atoms with Crippen molar-refractivity contribution >= 4 is 34.9 Å². The van der Waals surface area contributed by atoms with E-state index in [0.717, 1.165) is 16.0 Å². The van der Waals surface area contributed by atoms with Gasteiger partial charge in [0.1, 0.15) is 6.33 Å². The van der Waals surface area contributed by atoms with Crippen LogP contribution >= 0.6 is 23.4 Å². The Hall–Kier alpha value is -2.64. The lowest BCUT2D eigenvalue weighted by Crippen LogP contribution is -2.06. The summed E-state index contributed by atoms with van der Waals surface area (Å²) in [5.74, 6) is 0.189. The molecular formula is C18H15ClN4O2S. The number of nitrogens with one attached hydrogen (secondary N) is 1. The lowest BCUT2D eigenvalue weighted by molar-refractivity contribution is -0.387. The zero-order chi connectivity index (χ0) is 18.5. The van der Waals surface area contributed by atoms with Crippen molar-refractivity contribution in [3.05, 3.63) is 81.1 Å². The highest BCUT2D eigenvalue weighted by atomic mass is 35.5. The van der Waals surface area contributed by atoms with Crippen LogP contribution in [0.1, 0.15) is 11.1 Å². The van der Waals surface area contributed by atoms with Gasteiger partial charge in [-0.15, -0.1) is 0 Å². The summed E-state index contributed by atoms with van der Waals surface area (Å²) < 4.78 is 0. The summed E-state index contributed by atoms with van der Waals surface area (Å²) in [6.45, 7) is 2.38. The Labute approximate surface area is 159 Å². The molecule has 26 heavy (non-hydrogen) atoms. The van der Waals surface area contributed by atoms with Gasteiger partial charge in [0.2, 0.25) is 5.82 Å². The molecule has 0 aliphatic carbocycles. The molecule has 1 aromatic heterocycles. The molecule has 2 aromatic carbocycles. The largest absolute Gasteiger partial charge is 0.360 e. The normalized spacial score (nSPS) is 10.5. The van der Waals surface area contributed by atoms with Crippen molar-refractivity contribution in [1.29, 1.82) is 0 Å². The van der Waals surface area contributed by atoms with Gasteiger partial charge in [0.05, 0.1) is 4.92 Å². The fraction of sp³-hybridized carbons (Fsp3) is 0.111. The number of benzene rings is 2. The number of anilines is 1. The number of aromatic nitrogens is 2. The second-order valence-corrected chi connectivity index (χ2v) is 7.03. The summed E-state index contributed by atoms with van der Waals surface area (Å²) >= 11 is 7.11. The summed E-state index contributed by atoms with van der Waals surface area (Å²) in [5, 5.41) is 15.6. The molecule has 0 atom stereocenters. The van der Waals surface area contributed by atoms with Crippen molar-refractivity contribution < 1.29 is 4.92 Å². The summed E-state index contributed by atoms with van der Waals surface area (Å²) in [5.41, 5.74) is 1.93. The number of nitro groups is 1. The predicted molar refractivity (Wildman–Crippen MR) is 103 cm³/mol. The van der Waals surface area contributed by atoms with Gasteiger partial charge in [0.25, 0.3) is 0 Å². The van der Waals surface area contributed by atoms with Gasteiger partial charge in [-0.25, -0.2) is 9.97 Å². The Bertz CT molecular complexity index is 917. The van der Waals surface area contributed by atoms with Crippen molar-refractivity contribution in [3.63, 3.8) is 0 Å². The summed E-state index contributed by atoms with van der Waals surface area (Å²) in [7, 11) is 0. The third kappa shape index (κ3) is 4.50. The molecule has 8 heteroatoms. The van der Waals surface area contributed by atoms with Gasteiger partial charge in [-0.1, -0.05) is 53.2 Å². The molecule has 0 saturated heterocycles. The van der Waals surface area contributed by atoms with Crippen LogP contribution in [-0.2, 0) is 6.54 Å². The average molecular weight is 387 g/mol. The minimum atomic E-state index is -0.458. The van der Waals surface area contributed by atoms with Gasteiger partial charge in [0, 0.05) is 16.5 Å². The first kappa shape index (κ1) is 18.2. The topological polar surface area (TPSA) is 81.0 Å². The lowest BCUT2D eigenvalue weighted by Gasteiger charge is -2.09. The minimum absolute atomic E-state index is 0.132. The molecule has 0 fully saturated rings. The monoisotopic (exact) mass is 386 g/mol. The number of nitrogens with zero attached hydrogens (tertiary/aromatic N) is 3. The van der Waals surface area contributed by atoms with Crippen LogP contribution in [0.4, 0.5) is 11.5 Å². The first-order chi connectivity index (χ1) is 12.5. The van der Waals surface area contributed by atoms with Gasteiger partial charge in [-0.05, 0) is 36.8 Å². The molecule has 0 aliphatic rings. The Morgan fingerprint density at radius 2 is 1.81 bits per heavy atom. The van der Waals surface area contributed by atoms with Crippen molar-refractivity contribution in [3.8, 4) is 0 Å². The maximum Gasteiger partial charge on any atom is 0.343 e. The van der Waals surface area contributed by atoms with Gasteiger partial charge < -0.3 is 5.32 Å². The third-order valence-electron chi connectivity index (χ3n) is 3.58. The summed E-state index contributed by atoms with van der Waals surface area (Å²) in [4.78, 5) is 20.2. The number of aryl methyl sites for hydroxylation is 1. The maximum absolute atomic E-state index is 11.6. The molecule has 0 radical (unpaired) electrons. The number of halogens is 1. The molecule has 0 spiro atoms. The number of rotatable bonds is 6. The molecule has 0 unspecified atom stereocenters. The van der Waals surface area contributed by atoms with Crippen LogP contribution in [0, 0.1) is 17.0 Å². The molecule has 0 bridgehead atoms. The van der Waals surface area contributed by atoms with E-state index in [-0.39, 0.29) is 11.5 Å². The van der Waals surface area contributed by atoms with Crippen LogP contribution in [0.3, 0.4) is 0 Å². The van der Waals surface area contributed by atoms with Crippen molar-refractivity contribution in [2.75, 3.05) is 5.32 Å². The van der Waals surface area contributed by atoms with E-state index in [1.165, 1.54) is 18.1 Å². The van der Waals surface area contributed by atoms with E-state index in [0.29, 0.717) is 16.6 Å². The van der Waals surface area contributed by atoms with Gasteiger partial charge in [-0.3, -0.25) is 10.1 Å². The zero-order valence-corrected chi connectivity index (χ0v) is 15.4. The molecule has 132 valence electrons. The van der Waals surface area contributed by atoms with E-state index in [2.05, 4.69) is 15.3 Å². The molecule has 0 saturated carbocycles. The minimum Gasteiger partial charge on any atom is -0.360 e. The Morgan fingerprint density at radius 1 is 1.12 bits per heavy atom. The van der Waals surface area contributed by atoms with Gasteiger partial charge in [-0.2, -0.15) is 0 Å². The molecule has 0 aliphatic heterocycles. The van der Waals surface area contributed by atoms with E-state index in [9.17, 15) is 10.1 Å². The molecule has 3 rings (SSSR count). The molecule has 6 nitrogen and oxygen atoms in total. The SMILES string of the molecule is Cc1ccc(Sc2ncnc(NCc3ccc(Cl)cc3)c2[N+](=O)[O-])cc1. The van der Waals surface area contributed by atoms with Crippen LogP contribution in [0.15, 0.2) is 64.8 Å². The van der Waals surface area contributed by atoms with Crippen LogP contribution < -0.4 is 5.32 Å². The average Bonchev–Trinajstić information content (AvgIpc) is 2.63. The number of hydrogen-bond acceptors (Lipinski definition) is 6. The van der Waals surface area contributed by atoms with E-state index >= 15 is 0 Å². The van der Waals surface area contributed by atoms with E-state index in [1.54, 1.807) is 12.1 Å². The Kier molecular flexibility index (Phi) is 5.70. The van der Waals surface area contributed by atoms with Crippen molar-refractivity contribution in [2.24, 2.45) is 0 Å². The fourth-order valence-corrected chi connectivity index (χ4v) is 3.23. The maximum atomic E-state index is 11.6. The highest BCUT2D eigenvalue weighted by molar-refractivity contribution is 7.99. The molecular weight excluding hydrogens is 372 g/mol. The molecule has 1 heterocycles. The van der Waals surface area contributed by atoms with Crippen molar-refractivity contribution in [2.45, 2.75) is 23.4 Å². The highest BCUT2D eigenvalue weighted by Crippen LogP contribution is 2.36. The Morgan fingerprint density at radius 3 is 2.46 bits per heavy atom. The lowest BCUT2D eigenvalue weighted by atomic mass is 10.2. The van der Waals surface area contributed by atoms with Crippen LogP contribution in [0.25, 0.3) is 0 Å². The zero-order valence-electron chi connectivity index (χ0n) is 13.8. The first-order valence-corrected chi connectivity index (χ1v) is 8.94. The van der Waals surface area contributed by atoms with E-state index in [1.807, 2.05) is 43.3 Å². The predicted octanol–water partition coefficient (Wildman–Crippen LogP) is 5.11. The van der Waals surface area contributed by atoms with E-state index < -0.39 is 4.92 Å². The number of hydrogen-bond donors (Lipinski definition) is 1. The van der Waals surface area contributed by atoms with Gasteiger partial charge in [0.15, 0.2) is 5.03 Å². The second kappa shape index (κ2) is 8.16. The first-order valence-electron chi connectivity index (χ1n) is 7.75. The van der Waals surface area contributed by atoms with Gasteiger partial charge >= 0.3 is 5.69 Å². The highest BCUT2D eigenvalue weighted by Gasteiger charge is 2.23. The molecule has 1 N–H and O–H groups in total. The molecule has 0 amide bonds. The smallest absolute Gasteiger partial charge is 0.343 e. The van der Waals surface area contributed by atoms with E-state index in [4.69, 9.17) is 11.6 Å². The fourth-order valence-electron chi connectivity index (χ4n) is 2.24. The van der Waals surface area contributed by atoms with Crippen LogP contribution in [-0.4, -0.2) is 14.9 Å². The quantitative estimate of drug-likeness (QED) is 0.360. The van der Waals surface area contributed by atoms with Crippen molar-refractivity contribution in [1.82, 2.24) is 9.97 Å². The Balaban J connectivity index is 1.84. The van der Waals surface area contributed by atoms with Crippen LogP contribution in [0.2, 0.25) is 5.02 Å². The summed E-state index contributed by atoms with van der Waals surface area (Å²) in [6.07, 6.45) is 1.33. The summed E-state index contributed by atoms with van der Waals surface area (Å²) in [6, 6.07) is 15.0. The van der Waals surface area contributed by atoms with Crippen LogP contribution in [0.5, 0.6) is 0 Å². The third-order valence-corrected chi connectivity index (χ3v) is 4.83. The second-order valence-electron chi connectivity index (χ2n) is 5.53. The standard InChI is InChI=1S/C18H15ClN4O2S/c1-12-2-8-15(9-3-12)26-18-16(23(24)25)17(21-11-22-18)20-10-13-4-6-14(19)7-5-13/h2-9,11H,10H2,1H3,(H,20,21,22).